The molecule has 2 N–H and O–H groups in total. The quantitative estimate of drug-likeness (QED) is 0.140. The summed E-state index contributed by atoms with van der Waals surface area (Å²) >= 11 is 0. The number of carbonyl (C=O) groups excluding carboxylic acids is 1. The standard InChI is InChI=1S/C43H43N5O4/c1-29-40(27-48(2)22-20-36-13-5-6-21-44-36)51-43(52-41(29)32-18-16-30(28-49)17-19-32)35-12-8-11-34(24-35)33-10-7-9-31(23-33)25-46-42(50)39-26-45-37-14-3-4-15-38(37)47-39/h3-19,21,23-24,26,29,40-41,43,49H,20,22,25,27-28H2,1-2H3,(H,46,50). The largest absolute Gasteiger partial charge is 0.392 e. The molecule has 6 aromatic rings. The number of aliphatic hydroxyl groups is 1. The number of carbonyl (C=O) groups is 1. The van der Waals surface area contributed by atoms with Gasteiger partial charge in [0.05, 0.1) is 36.0 Å². The van der Waals surface area contributed by atoms with Gasteiger partial charge >= 0.3 is 0 Å². The van der Waals surface area contributed by atoms with E-state index in [-0.39, 0.29) is 36.3 Å². The van der Waals surface area contributed by atoms with Crippen molar-refractivity contribution in [3.63, 3.8) is 0 Å². The molecule has 0 radical (unpaired) electrons. The number of rotatable bonds is 12. The number of ether oxygens (including phenoxy) is 2. The van der Waals surface area contributed by atoms with Crippen LogP contribution >= 0.6 is 0 Å². The summed E-state index contributed by atoms with van der Waals surface area (Å²) in [7, 11) is 2.12. The van der Waals surface area contributed by atoms with Crippen molar-refractivity contribution in [2.24, 2.45) is 5.92 Å². The maximum Gasteiger partial charge on any atom is 0.271 e. The number of amides is 1. The van der Waals surface area contributed by atoms with Gasteiger partial charge in [0.25, 0.3) is 5.91 Å². The number of pyridine rings is 1. The third-order valence-electron chi connectivity index (χ3n) is 9.64. The van der Waals surface area contributed by atoms with Crippen LogP contribution in [0.4, 0.5) is 0 Å². The lowest BCUT2D eigenvalue weighted by Crippen LogP contribution is -2.43. The average Bonchev–Trinajstić information content (AvgIpc) is 3.20. The highest BCUT2D eigenvalue weighted by atomic mass is 16.7. The fraction of sp³-hybridized carbons (Fsp3) is 0.256. The van der Waals surface area contributed by atoms with Gasteiger partial charge in [0.1, 0.15) is 5.69 Å². The van der Waals surface area contributed by atoms with Crippen molar-refractivity contribution in [3.05, 3.63) is 161 Å². The van der Waals surface area contributed by atoms with Gasteiger partial charge in [-0.15, -0.1) is 0 Å². The monoisotopic (exact) mass is 693 g/mol. The van der Waals surface area contributed by atoms with E-state index in [0.717, 1.165) is 64.1 Å². The van der Waals surface area contributed by atoms with Crippen LogP contribution in [0.1, 0.15) is 57.8 Å². The Morgan fingerprint density at radius 2 is 1.58 bits per heavy atom. The second-order valence-corrected chi connectivity index (χ2v) is 13.4. The summed E-state index contributed by atoms with van der Waals surface area (Å²) in [6.45, 7) is 4.12. The van der Waals surface area contributed by atoms with E-state index in [0.29, 0.717) is 12.1 Å². The predicted octanol–water partition coefficient (Wildman–Crippen LogP) is 7.08. The van der Waals surface area contributed by atoms with Crippen LogP contribution in [0.5, 0.6) is 0 Å². The number of nitrogens with zero attached hydrogens (tertiary/aromatic N) is 4. The van der Waals surface area contributed by atoms with Crippen molar-refractivity contribution in [1.29, 1.82) is 0 Å². The Hall–Kier alpha value is -5.32. The molecule has 1 amide bonds. The molecular formula is C43H43N5O4. The molecule has 52 heavy (non-hydrogen) atoms. The van der Waals surface area contributed by atoms with Crippen LogP contribution in [-0.4, -0.2) is 57.1 Å². The van der Waals surface area contributed by atoms with Gasteiger partial charge in [-0.1, -0.05) is 85.8 Å². The average molecular weight is 694 g/mol. The molecule has 0 aliphatic carbocycles. The van der Waals surface area contributed by atoms with E-state index in [1.807, 2.05) is 91.1 Å². The lowest BCUT2D eigenvalue weighted by molar-refractivity contribution is -0.275. The van der Waals surface area contributed by atoms with Crippen LogP contribution in [0.25, 0.3) is 22.2 Å². The highest BCUT2D eigenvalue weighted by Gasteiger charge is 2.39. The van der Waals surface area contributed by atoms with E-state index in [2.05, 4.69) is 69.5 Å². The van der Waals surface area contributed by atoms with Gasteiger partial charge < -0.3 is 24.8 Å². The molecule has 4 aromatic carbocycles. The van der Waals surface area contributed by atoms with Crippen molar-refractivity contribution >= 4 is 16.9 Å². The van der Waals surface area contributed by atoms with Crippen LogP contribution < -0.4 is 5.32 Å². The maximum absolute atomic E-state index is 13.0. The van der Waals surface area contributed by atoms with Crippen LogP contribution in [0.15, 0.2) is 128 Å². The molecule has 1 aliphatic heterocycles. The highest BCUT2D eigenvalue weighted by molar-refractivity contribution is 5.93. The third-order valence-corrected chi connectivity index (χ3v) is 9.64. The molecule has 9 nitrogen and oxygen atoms in total. The van der Waals surface area contributed by atoms with Crippen LogP contribution in [0.3, 0.4) is 0 Å². The Balaban J connectivity index is 1.07. The molecule has 3 heterocycles. The third kappa shape index (κ3) is 8.41. The molecule has 9 heteroatoms. The summed E-state index contributed by atoms with van der Waals surface area (Å²) in [5.74, 6) is -0.201. The van der Waals surface area contributed by atoms with Gasteiger partial charge in [-0.3, -0.25) is 14.8 Å². The summed E-state index contributed by atoms with van der Waals surface area (Å²) in [6.07, 6.45) is 3.31. The van der Waals surface area contributed by atoms with Crippen LogP contribution in [-0.2, 0) is 29.0 Å². The number of aromatic nitrogens is 3. The second-order valence-electron chi connectivity index (χ2n) is 13.4. The summed E-state index contributed by atoms with van der Waals surface area (Å²) in [5, 5.41) is 12.6. The van der Waals surface area contributed by atoms with Crippen molar-refractivity contribution < 1.29 is 19.4 Å². The zero-order valence-corrected chi connectivity index (χ0v) is 29.4. The Kier molecular flexibility index (Phi) is 11.0. The number of fused-ring (bicyclic) bond motifs is 1. The molecule has 1 aliphatic rings. The first-order chi connectivity index (χ1) is 25.4. The SMILES string of the molecule is CC1C(CN(C)CCc2ccccn2)OC(c2cccc(-c3cccc(CNC(=O)c4cnc5ccccc5n4)c3)c2)OC1c1ccc(CO)cc1. The Morgan fingerprint density at radius 1 is 0.808 bits per heavy atom. The van der Waals surface area contributed by atoms with E-state index in [1.54, 1.807) is 0 Å². The highest BCUT2D eigenvalue weighted by Crippen LogP contribution is 2.42. The number of likely N-dealkylation sites (N-methyl/N-ethyl adjacent to an activating group) is 1. The minimum Gasteiger partial charge on any atom is -0.392 e. The molecule has 0 spiro atoms. The zero-order valence-electron chi connectivity index (χ0n) is 29.4. The van der Waals surface area contributed by atoms with Crippen molar-refractivity contribution in [3.8, 4) is 11.1 Å². The first-order valence-electron chi connectivity index (χ1n) is 17.7. The normalized spacial score (nSPS) is 18.8. The second kappa shape index (κ2) is 16.4. The number of nitrogens with one attached hydrogen (secondary N) is 1. The molecule has 2 aromatic heterocycles. The number of benzene rings is 4. The molecule has 0 bridgehead atoms. The summed E-state index contributed by atoms with van der Waals surface area (Å²) in [5.41, 5.74) is 8.63. The van der Waals surface area contributed by atoms with Gasteiger partial charge in [0.15, 0.2) is 6.29 Å². The lowest BCUT2D eigenvalue weighted by atomic mass is 9.90. The van der Waals surface area contributed by atoms with E-state index < -0.39 is 6.29 Å². The molecule has 1 saturated heterocycles. The first kappa shape index (κ1) is 35.1. The lowest BCUT2D eigenvalue weighted by Gasteiger charge is -2.42. The Labute approximate surface area is 304 Å². The summed E-state index contributed by atoms with van der Waals surface area (Å²) in [6, 6.07) is 37.9. The van der Waals surface area contributed by atoms with Crippen LogP contribution in [0, 0.1) is 5.92 Å². The topological polar surface area (TPSA) is 110 Å². The molecule has 0 saturated carbocycles. The fourth-order valence-electron chi connectivity index (χ4n) is 6.64. The zero-order chi connectivity index (χ0) is 35.9. The number of aliphatic hydroxyl groups excluding tert-OH is 1. The van der Waals surface area contributed by atoms with Gasteiger partial charge in [0.2, 0.25) is 0 Å². The Bertz CT molecular complexity index is 2110. The van der Waals surface area contributed by atoms with Gasteiger partial charge in [0, 0.05) is 49.4 Å². The maximum atomic E-state index is 13.0. The van der Waals surface area contributed by atoms with Gasteiger partial charge in [-0.25, -0.2) is 4.98 Å². The van der Waals surface area contributed by atoms with Crippen molar-refractivity contribution in [2.45, 2.75) is 45.0 Å². The summed E-state index contributed by atoms with van der Waals surface area (Å²) < 4.78 is 13.5. The molecular weight excluding hydrogens is 651 g/mol. The molecule has 4 unspecified atom stereocenters. The van der Waals surface area contributed by atoms with Gasteiger partial charge in [-0.2, -0.15) is 0 Å². The molecule has 264 valence electrons. The van der Waals surface area contributed by atoms with Crippen molar-refractivity contribution in [2.75, 3.05) is 20.1 Å². The molecule has 4 atom stereocenters. The Morgan fingerprint density at radius 3 is 2.37 bits per heavy atom. The number of hydrogen-bond donors (Lipinski definition) is 2. The number of hydrogen-bond acceptors (Lipinski definition) is 8. The molecule has 7 rings (SSSR count). The fourth-order valence-corrected chi connectivity index (χ4v) is 6.64. The van der Waals surface area contributed by atoms with Crippen molar-refractivity contribution in [1.82, 2.24) is 25.2 Å². The van der Waals surface area contributed by atoms with Crippen LogP contribution in [0.2, 0.25) is 0 Å². The predicted molar refractivity (Wildman–Crippen MR) is 201 cm³/mol. The van der Waals surface area contributed by atoms with E-state index in [9.17, 15) is 9.90 Å². The minimum absolute atomic E-state index is 0.00369. The smallest absolute Gasteiger partial charge is 0.271 e. The van der Waals surface area contributed by atoms with E-state index in [1.165, 1.54) is 6.20 Å². The first-order valence-corrected chi connectivity index (χ1v) is 17.7. The van der Waals surface area contributed by atoms with E-state index >= 15 is 0 Å². The molecule has 1 fully saturated rings. The minimum atomic E-state index is -0.585. The van der Waals surface area contributed by atoms with E-state index in [4.69, 9.17) is 9.47 Å². The van der Waals surface area contributed by atoms with Gasteiger partial charge in [-0.05, 0) is 71.3 Å². The summed E-state index contributed by atoms with van der Waals surface area (Å²) in [4.78, 5) is 28.6. The number of para-hydroxylation sites is 2.